The van der Waals surface area contributed by atoms with Crippen LogP contribution in [0.3, 0.4) is 0 Å². The van der Waals surface area contributed by atoms with E-state index in [0.29, 0.717) is 0 Å². The van der Waals surface area contributed by atoms with Crippen molar-refractivity contribution in [1.29, 1.82) is 0 Å². The van der Waals surface area contributed by atoms with E-state index in [9.17, 15) is 0 Å². The summed E-state index contributed by atoms with van der Waals surface area (Å²) in [5.41, 5.74) is 1.27. The molecule has 1 nitrogen and oxygen atoms in total. The zero-order valence-corrected chi connectivity index (χ0v) is 10.5. The van der Waals surface area contributed by atoms with Crippen molar-refractivity contribution in [1.82, 2.24) is 0 Å². The minimum Gasteiger partial charge on any atom is -0.497 e. The summed E-state index contributed by atoms with van der Waals surface area (Å²) in [6, 6.07) is 8.25. The van der Waals surface area contributed by atoms with Crippen LogP contribution in [-0.2, 0) is 0 Å². The molecule has 0 atom stereocenters. The summed E-state index contributed by atoms with van der Waals surface area (Å²) >= 11 is 0. The summed E-state index contributed by atoms with van der Waals surface area (Å²) in [5.74, 6) is 0.944. The number of benzene rings is 1. The van der Waals surface area contributed by atoms with Crippen molar-refractivity contribution >= 4 is 0 Å². The van der Waals surface area contributed by atoms with Crippen molar-refractivity contribution in [2.24, 2.45) is 0 Å². The van der Waals surface area contributed by atoms with Crippen LogP contribution in [0.25, 0.3) is 0 Å². The lowest BCUT2D eigenvalue weighted by atomic mass is 10.0. The fraction of sp³-hybridized carbons (Fsp3) is 0.533. The molecule has 0 unspecified atom stereocenters. The molecule has 1 aromatic rings. The molecule has 0 aliphatic carbocycles. The van der Waals surface area contributed by atoms with Crippen LogP contribution < -0.4 is 4.74 Å². The number of hydrogen-bond acceptors (Lipinski definition) is 1. The Bertz CT molecular complexity index is 281. The van der Waals surface area contributed by atoms with E-state index >= 15 is 0 Å². The summed E-state index contributed by atoms with van der Waals surface area (Å²) in [5, 5.41) is 0. The van der Waals surface area contributed by atoms with Crippen LogP contribution in [0.15, 0.2) is 24.3 Å². The van der Waals surface area contributed by atoms with Gasteiger partial charge in [-0.05, 0) is 30.5 Å². The Morgan fingerprint density at radius 2 is 1.94 bits per heavy atom. The van der Waals surface area contributed by atoms with Crippen molar-refractivity contribution in [2.45, 2.75) is 45.4 Å². The van der Waals surface area contributed by atoms with Crippen molar-refractivity contribution in [3.05, 3.63) is 36.2 Å². The van der Waals surface area contributed by atoms with Crippen LogP contribution >= 0.6 is 0 Å². The first-order valence-corrected chi connectivity index (χ1v) is 6.34. The summed E-state index contributed by atoms with van der Waals surface area (Å²) in [6.07, 6.45) is 10.2. The lowest BCUT2D eigenvalue weighted by molar-refractivity contribution is 0.414. The van der Waals surface area contributed by atoms with E-state index in [0.717, 1.165) is 5.75 Å². The van der Waals surface area contributed by atoms with Gasteiger partial charge in [0.05, 0.1) is 7.11 Å². The zero-order valence-electron chi connectivity index (χ0n) is 10.5. The SMILES string of the molecule is CCCCCCC[CH]c1cccc(OC)c1. The third kappa shape index (κ3) is 5.20. The van der Waals surface area contributed by atoms with Crippen molar-refractivity contribution in [3.8, 4) is 5.75 Å². The standard InChI is InChI=1S/C15H23O/c1-3-4-5-6-7-8-10-14-11-9-12-15(13-14)16-2/h9-13H,3-8H2,1-2H3. The summed E-state index contributed by atoms with van der Waals surface area (Å²) < 4.78 is 5.19. The summed E-state index contributed by atoms with van der Waals surface area (Å²) in [7, 11) is 1.71. The van der Waals surface area contributed by atoms with Gasteiger partial charge in [0.25, 0.3) is 0 Å². The Hall–Kier alpha value is -0.980. The Balaban J connectivity index is 2.16. The minimum atomic E-state index is 0.944. The number of unbranched alkanes of at least 4 members (excludes halogenated alkanes) is 5. The molecule has 16 heavy (non-hydrogen) atoms. The molecule has 1 rings (SSSR count). The smallest absolute Gasteiger partial charge is 0.119 e. The maximum absolute atomic E-state index is 5.19. The Morgan fingerprint density at radius 3 is 2.69 bits per heavy atom. The van der Waals surface area contributed by atoms with Gasteiger partial charge in [0, 0.05) is 0 Å². The van der Waals surface area contributed by atoms with Gasteiger partial charge >= 0.3 is 0 Å². The number of hydrogen-bond donors (Lipinski definition) is 0. The fourth-order valence-electron chi connectivity index (χ4n) is 1.79. The first kappa shape index (κ1) is 13.1. The topological polar surface area (TPSA) is 9.23 Å². The highest BCUT2D eigenvalue weighted by atomic mass is 16.5. The molecule has 0 heterocycles. The van der Waals surface area contributed by atoms with Crippen molar-refractivity contribution < 1.29 is 4.74 Å². The molecule has 0 aromatic heterocycles. The number of ether oxygens (including phenoxy) is 1. The highest BCUT2D eigenvalue weighted by molar-refractivity contribution is 5.32. The average Bonchev–Trinajstić information content (AvgIpc) is 2.34. The Kier molecular flexibility index (Phi) is 6.71. The summed E-state index contributed by atoms with van der Waals surface area (Å²) in [4.78, 5) is 0. The lowest BCUT2D eigenvalue weighted by Gasteiger charge is -2.04. The molecule has 1 aromatic carbocycles. The highest BCUT2D eigenvalue weighted by Gasteiger charge is 1.96. The lowest BCUT2D eigenvalue weighted by Crippen LogP contribution is -1.86. The van der Waals surface area contributed by atoms with Gasteiger partial charge in [-0.1, -0.05) is 51.2 Å². The Labute approximate surface area is 99.8 Å². The van der Waals surface area contributed by atoms with Crippen molar-refractivity contribution in [3.63, 3.8) is 0 Å². The molecule has 0 fully saturated rings. The average molecular weight is 219 g/mol. The first-order chi connectivity index (χ1) is 7.86. The first-order valence-electron chi connectivity index (χ1n) is 6.34. The molecule has 1 heteroatoms. The third-order valence-corrected chi connectivity index (χ3v) is 2.78. The predicted molar refractivity (Wildman–Crippen MR) is 69.8 cm³/mol. The molecule has 0 amide bonds. The van der Waals surface area contributed by atoms with Crippen LogP contribution in [0.2, 0.25) is 0 Å². The predicted octanol–water partition coefficient (Wildman–Crippen LogP) is 4.61. The monoisotopic (exact) mass is 219 g/mol. The zero-order chi connectivity index (χ0) is 11.6. The largest absolute Gasteiger partial charge is 0.497 e. The van der Waals surface area contributed by atoms with E-state index in [1.54, 1.807) is 7.11 Å². The molecule has 89 valence electrons. The quantitative estimate of drug-likeness (QED) is 0.580. The summed E-state index contributed by atoms with van der Waals surface area (Å²) in [6.45, 7) is 2.25. The molecular weight excluding hydrogens is 196 g/mol. The van der Waals surface area contributed by atoms with E-state index in [1.807, 2.05) is 12.1 Å². The fourth-order valence-corrected chi connectivity index (χ4v) is 1.79. The van der Waals surface area contributed by atoms with Crippen LogP contribution in [-0.4, -0.2) is 7.11 Å². The second kappa shape index (κ2) is 8.20. The van der Waals surface area contributed by atoms with Gasteiger partial charge in [-0.15, -0.1) is 0 Å². The molecule has 0 spiro atoms. The highest BCUT2D eigenvalue weighted by Crippen LogP contribution is 2.16. The van der Waals surface area contributed by atoms with Gasteiger partial charge in [0.2, 0.25) is 0 Å². The van der Waals surface area contributed by atoms with Gasteiger partial charge < -0.3 is 4.74 Å². The maximum atomic E-state index is 5.19. The van der Waals surface area contributed by atoms with Gasteiger partial charge in [-0.25, -0.2) is 0 Å². The van der Waals surface area contributed by atoms with E-state index in [4.69, 9.17) is 4.74 Å². The van der Waals surface area contributed by atoms with E-state index in [-0.39, 0.29) is 0 Å². The van der Waals surface area contributed by atoms with Gasteiger partial charge in [0.15, 0.2) is 0 Å². The number of methoxy groups -OCH3 is 1. The maximum Gasteiger partial charge on any atom is 0.119 e. The number of rotatable bonds is 8. The van der Waals surface area contributed by atoms with E-state index < -0.39 is 0 Å². The van der Waals surface area contributed by atoms with E-state index in [2.05, 4.69) is 25.5 Å². The van der Waals surface area contributed by atoms with Crippen LogP contribution in [0.5, 0.6) is 5.75 Å². The van der Waals surface area contributed by atoms with E-state index in [1.165, 1.54) is 44.1 Å². The second-order valence-electron chi connectivity index (χ2n) is 4.18. The van der Waals surface area contributed by atoms with Crippen LogP contribution in [0, 0.1) is 6.42 Å². The Morgan fingerprint density at radius 1 is 1.12 bits per heavy atom. The van der Waals surface area contributed by atoms with Gasteiger partial charge in [-0.3, -0.25) is 0 Å². The molecule has 0 saturated heterocycles. The molecule has 0 aliphatic rings. The second-order valence-corrected chi connectivity index (χ2v) is 4.18. The molecule has 1 radical (unpaired) electrons. The minimum absolute atomic E-state index is 0.944. The van der Waals surface area contributed by atoms with Gasteiger partial charge in [0.1, 0.15) is 5.75 Å². The molecule has 0 bridgehead atoms. The van der Waals surface area contributed by atoms with Crippen molar-refractivity contribution in [2.75, 3.05) is 7.11 Å². The van der Waals surface area contributed by atoms with Crippen LogP contribution in [0.4, 0.5) is 0 Å². The van der Waals surface area contributed by atoms with Crippen LogP contribution in [0.1, 0.15) is 51.0 Å². The molecule has 0 aliphatic heterocycles. The third-order valence-electron chi connectivity index (χ3n) is 2.78. The molecule has 0 N–H and O–H groups in total. The normalized spacial score (nSPS) is 10.4. The van der Waals surface area contributed by atoms with Gasteiger partial charge in [-0.2, -0.15) is 0 Å². The molecular formula is C15H23O. The molecule has 0 saturated carbocycles.